The Morgan fingerprint density at radius 3 is 2.00 bits per heavy atom. The van der Waals surface area contributed by atoms with Crippen LogP contribution < -0.4 is 5.32 Å². The first-order chi connectivity index (χ1) is 14.6. The number of piperazine rings is 1. The molecule has 1 saturated heterocycles. The van der Waals surface area contributed by atoms with Gasteiger partial charge in [-0.1, -0.05) is 60.7 Å². The van der Waals surface area contributed by atoms with Crippen molar-refractivity contribution in [3.63, 3.8) is 0 Å². The minimum Gasteiger partial charge on any atom is -0.453 e. The highest BCUT2D eigenvalue weighted by Gasteiger charge is 2.23. The van der Waals surface area contributed by atoms with Gasteiger partial charge in [0.25, 0.3) is 5.91 Å². The Morgan fingerprint density at radius 2 is 1.53 bits per heavy atom. The van der Waals surface area contributed by atoms with Crippen LogP contribution in [-0.2, 0) is 9.53 Å². The van der Waals surface area contributed by atoms with Crippen molar-refractivity contribution >= 4 is 12.0 Å². The fourth-order valence-corrected chi connectivity index (χ4v) is 3.34. The van der Waals surface area contributed by atoms with Gasteiger partial charge in [-0.15, -0.1) is 0 Å². The Labute approximate surface area is 176 Å². The van der Waals surface area contributed by atoms with Crippen LogP contribution in [0, 0.1) is 11.3 Å². The summed E-state index contributed by atoms with van der Waals surface area (Å²) < 4.78 is 4.73. The van der Waals surface area contributed by atoms with Gasteiger partial charge in [-0.05, 0) is 11.1 Å². The van der Waals surface area contributed by atoms with Gasteiger partial charge in [-0.2, -0.15) is 5.26 Å². The summed E-state index contributed by atoms with van der Waals surface area (Å²) in [7, 11) is 1.35. The van der Waals surface area contributed by atoms with E-state index in [0.29, 0.717) is 26.2 Å². The molecule has 0 aromatic heterocycles. The molecule has 2 aromatic rings. The predicted octanol–water partition coefficient (Wildman–Crippen LogP) is 2.68. The van der Waals surface area contributed by atoms with Crippen LogP contribution in [-0.4, -0.2) is 55.1 Å². The van der Waals surface area contributed by atoms with Crippen molar-refractivity contribution in [3.8, 4) is 6.07 Å². The molecule has 154 valence electrons. The number of nitrogens with one attached hydrogen (secondary N) is 1. The van der Waals surface area contributed by atoms with Crippen molar-refractivity contribution in [1.29, 1.82) is 5.26 Å². The van der Waals surface area contributed by atoms with Crippen LogP contribution >= 0.6 is 0 Å². The van der Waals surface area contributed by atoms with E-state index in [1.165, 1.54) is 7.11 Å². The number of carbonyl (C=O) groups is 2. The standard InChI is InChI=1S/C23H24N4O3/c1-30-23(29)27-14-12-26(13-15-27)17-20(16-24)22(28)25-21(18-8-4-2-5-9-18)19-10-6-3-7-11-19/h2-11,17,21H,12-15H2,1H3,(H,25,28)/b20-17-. The number of nitrogens with zero attached hydrogens (tertiary/aromatic N) is 3. The van der Waals surface area contributed by atoms with E-state index in [0.717, 1.165) is 11.1 Å². The summed E-state index contributed by atoms with van der Waals surface area (Å²) in [6.45, 7) is 1.99. The molecule has 1 aliphatic heterocycles. The highest BCUT2D eigenvalue weighted by molar-refractivity contribution is 5.97. The van der Waals surface area contributed by atoms with Crippen molar-refractivity contribution < 1.29 is 14.3 Å². The molecule has 2 amide bonds. The topological polar surface area (TPSA) is 85.7 Å². The fourth-order valence-electron chi connectivity index (χ4n) is 3.34. The van der Waals surface area contributed by atoms with E-state index in [-0.39, 0.29) is 17.7 Å². The second-order valence-electron chi connectivity index (χ2n) is 6.88. The van der Waals surface area contributed by atoms with Gasteiger partial charge in [0.1, 0.15) is 11.6 Å². The lowest BCUT2D eigenvalue weighted by atomic mass is 9.98. The van der Waals surface area contributed by atoms with Crippen LogP contribution in [0.1, 0.15) is 17.2 Å². The fraction of sp³-hybridized carbons (Fsp3) is 0.261. The molecule has 0 atom stereocenters. The van der Waals surface area contributed by atoms with Crippen LogP contribution in [0.25, 0.3) is 0 Å². The van der Waals surface area contributed by atoms with Crippen molar-refractivity contribution in [3.05, 3.63) is 83.6 Å². The summed E-state index contributed by atoms with van der Waals surface area (Å²) in [5.74, 6) is -0.439. The lowest BCUT2D eigenvalue weighted by Gasteiger charge is -2.33. The van der Waals surface area contributed by atoms with Crippen LogP contribution in [0.15, 0.2) is 72.4 Å². The molecule has 30 heavy (non-hydrogen) atoms. The van der Waals surface area contributed by atoms with Crippen molar-refractivity contribution in [2.75, 3.05) is 33.3 Å². The molecule has 7 nitrogen and oxygen atoms in total. The normalized spacial score (nSPS) is 14.2. The number of hydrogen-bond donors (Lipinski definition) is 1. The Hall–Kier alpha value is -3.79. The molecule has 0 bridgehead atoms. The summed E-state index contributed by atoms with van der Waals surface area (Å²) in [6, 6.07) is 20.9. The monoisotopic (exact) mass is 404 g/mol. The average Bonchev–Trinajstić information content (AvgIpc) is 2.81. The van der Waals surface area contributed by atoms with Gasteiger partial charge in [-0.3, -0.25) is 4.79 Å². The highest BCUT2D eigenvalue weighted by Crippen LogP contribution is 2.22. The zero-order valence-corrected chi connectivity index (χ0v) is 16.8. The quantitative estimate of drug-likeness (QED) is 0.612. The van der Waals surface area contributed by atoms with Gasteiger partial charge in [0.15, 0.2) is 0 Å². The summed E-state index contributed by atoms with van der Waals surface area (Å²) >= 11 is 0. The number of benzene rings is 2. The molecule has 1 aliphatic rings. The largest absolute Gasteiger partial charge is 0.453 e. The Bertz CT molecular complexity index is 890. The van der Waals surface area contributed by atoms with Gasteiger partial charge < -0.3 is 19.9 Å². The zero-order valence-electron chi connectivity index (χ0n) is 16.8. The van der Waals surface area contributed by atoms with Crippen LogP contribution in [0.4, 0.5) is 4.79 Å². The summed E-state index contributed by atoms with van der Waals surface area (Å²) in [4.78, 5) is 28.0. The number of hydrogen-bond acceptors (Lipinski definition) is 5. The maximum atomic E-state index is 12.9. The minimum atomic E-state index is -0.439. The van der Waals surface area contributed by atoms with Crippen LogP contribution in [0.3, 0.4) is 0 Å². The first-order valence-corrected chi connectivity index (χ1v) is 9.72. The van der Waals surface area contributed by atoms with Crippen molar-refractivity contribution in [2.45, 2.75) is 6.04 Å². The van der Waals surface area contributed by atoms with Gasteiger partial charge in [0.2, 0.25) is 0 Å². The molecular formula is C23H24N4O3. The third kappa shape index (κ3) is 5.17. The molecular weight excluding hydrogens is 380 g/mol. The van der Waals surface area contributed by atoms with E-state index in [1.807, 2.05) is 71.6 Å². The molecule has 0 aliphatic carbocycles. The maximum absolute atomic E-state index is 12.9. The lowest BCUT2D eigenvalue weighted by Crippen LogP contribution is -2.47. The first kappa shape index (κ1) is 20.9. The number of nitriles is 1. The Morgan fingerprint density at radius 1 is 1.00 bits per heavy atom. The number of rotatable bonds is 5. The molecule has 0 saturated carbocycles. The Kier molecular flexibility index (Phi) is 7.06. The molecule has 3 rings (SSSR count). The molecule has 1 N–H and O–H groups in total. The molecule has 7 heteroatoms. The SMILES string of the molecule is COC(=O)N1CCN(/C=C(/C#N)C(=O)NC(c2ccccc2)c2ccccc2)CC1. The summed E-state index contributed by atoms with van der Waals surface area (Å²) in [5.41, 5.74) is 1.89. The molecule has 1 fully saturated rings. The number of methoxy groups -OCH3 is 1. The van der Waals surface area contributed by atoms with Gasteiger partial charge in [-0.25, -0.2) is 4.79 Å². The van der Waals surface area contributed by atoms with E-state index in [4.69, 9.17) is 4.74 Å². The molecule has 0 spiro atoms. The third-order valence-electron chi connectivity index (χ3n) is 4.97. The summed E-state index contributed by atoms with van der Waals surface area (Å²) in [6.07, 6.45) is 1.20. The number of ether oxygens (including phenoxy) is 1. The van der Waals surface area contributed by atoms with E-state index in [1.54, 1.807) is 11.1 Å². The Balaban J connectivity index is 1.74. The second kappa shape index (κ2) is 10.1. The van der Waals surface area contributed by atoms with E-state index in [9.17, 15) is 14.9 Å². The number of carbonyl (C=O) groups excluding carboxylic acids is 2. The molecule has 0 unspecified atom stereocenters. The minimum absolute atomic E-state index is 0.0263. The highest BCUT2D eigenvalue weighted by atomic mass is 16.5. The van der Waals surface area contributed by atoms with E-state index in [2.05, 4.69) is 5.32 Å². The predicted molar refractivity (Wildman–Crippen MR) is 112 cm³/mol. The molecule has 2 aromatic carbocycles. The van der Waals surface area contributed by atoms with Gasteiger partial charge in [0.05, 0.1) is 13.2 Å². The third-order valence-corrected chi connectivity index (χ3v) is 4.97. The molecule has 1 heterocycles. The van der Waals surface area contributed by atoms with Crippen LogP contribution in [0.5, 0.6) is 0 Å². The molecule has 0 radical (unpaired) electrons. The van der Waals surface area contributed by atoms with Gasteiger partial charge >= 0.3 is 6.09 Å². The van der Waals surface area contributed by atoms with Crippen LogP contribution in [0.2, 0.25) is 0 Å². The van der Waals surface area contributed by atoms with E-state index < -0.39 is 5.91 Å². The number of amides is 2. The second-order valence-corrected chi connectivity index (χ2v) is 6.88. The van der Waals surface area contributed by atoms with Crippen molar-refractivity contribution in [1.82, 2.24) is 15.1 Å². The average molecular weight is 404 g/mol. The zero-order chi connectivity index (χ0) is 21.3. The van der Waals surface area contributed by atoms with Gasteiger partial charge in [0, 0.05) is 32.4 Å². The first-order valence-electron chi connectivity index (χ1n) is 9.72. The lowest BCUT2D eigenvalue weighted by molar-refractivity contribution is -0.117. The maximum Gasteiger partial charge on any atom is 0.409 e. The smallest absolute Gasteiger partial charge is 0.409 e. The van der Waals surface area contributed by atoms with Crippen molar-refractivity contribution in [2.24, 2.45) is 0 Å². The summed E-state index contributed by atoms with van der Waals surface area (Å²) in [5, 5.41) is 12.6. The van der Waals surface area contributed by atoms with E-state index >= 15 is 0 Å².